The average molecular weight is 344 g/mol. The summed E-state index contributed by atoms with van der Waals surface area (Å²) in [6.07, 6.45) is 1.03. The highest BCUT2D eigenvalue weighted by Crippen LogP contribution is 2.25. The number of nitrogens with one attached hydrogen (secondary N) is 1. The van der Waals surface area contributed by atoms with Crippen LogP contribution in [0, 0.1) is 5.82 Å². The molecule has 2 rings (SSSR count). The Balaban J connectivity index is 1.62. The van der Waals surface area contributed by atoms with Gasteiger partial charge in [-0.15, -0.1) is 11.3 Å². The van der Waals surface area contributed by atoms with Crippen molar-refractivity contribution >= 4 is 27.3 Å². The van der Waals surface area contributed by atoms with Gasteiger partial charge >= 0.3 is 0 Å². The normalized spacial score (nSPS) is 10.6. The van der Waals surface area contributed by atoms with Crippen molar-refractivity contribution in [3.63, 3.8) is 0 Å². The Morgan fingerprint density at radius 3 is 2.95 bits per heavy atom. The lowest BCUT2D eigenvalue weighted by atomic mass is 10.3. The summed E-state index contributed by atoms with van der Waals surface area (Å²) in [5.41, 5.74) is 0. The Kier molecular flexibility index (Phi) is 5.82. The van der Waals surface area contributed by atoms with Gasteiger partial charge in [0.1, 0.15) is 18.2 Å². The molecule has 1 aromatic carbocycles. The molecule has 0 aliphatic heterocycles. The number of halogens is 2. The molecule has 0 saturated heterocycles. The zero-order chi connectivity index (χ0) is 13.5. The Bertz CT molecular complexity index is 504. The second kappa shape index (κ2) is 7.62. The van der Waals surface area contributed by atoms with E-state index in [1.54, 1.807) is 17.4 Å². The lowest BCUT2D eigenvalue weighted by Crippen LogP contribution is -2.23. The molecule has 0 unspecified atom stereocenters. The molecule has 5 heteroatoms. The van der Waals surface area contributed by atoms with Crippen LogP contribution in [0.1, 0.15) is 4.88 Å². The van der Waals surface area contributed by atoms with Crippen molar-refractivity contribution in [2.24, 2.45) is 0 Å². The zero-order valence-electron chi connectivity index (χ0n) is 10.4. The first-order chi connectivity index (χ1) is 9.25. The van der Waals surface area contributed by atoms with Crippen molar-refractivity contribution in [2.75, 3.05) is 19.7 Å². The molecule has 2 aromatic rings. The molecule has 1 aromatic heterocycles. The van der Waals surface area contributed by atoms with Crippen LogP contribution < -0.4 is 10.1 Å². The van der Waals surface area contributed by atoms with E-state index < -0.39 is 0 Å². The SMILES string of the molecule is Fc1ccc(Br)c(OCCNCCc2cccs2)c1. The number of hydrogen-bond acceptors (Lipinski definition) is 3. The van der Waals surface area contributed by atoms with Crippen LogP contribution in [0.15, 0.2) is 40.2 Å². The van der Waals surface area contributed by atoms with E-state index in [0.717, 1.165) is 24.0 Å². The summed E-state index contributed by atoms with van der Waals surface area (Å²) >= 11 is 5.10. The molecular formula is C14H15BrFNOS. The smallest absolute Gasteiger partial charge is 0.136 e. The van der Waals surface area contributed by atoms with E-state index in [-0.39, 0.29) is 5.82 Å². The summed E-state index contributed by atoms with van der Waals surface area (Å²) in [4.78, 5) is 1.38. The van der Waals surface area contributed by atoms with E-state index in [9.17, 15) is 4.39 Å². The third-order valence-corrected chi connectivity index (χ3v) is 4.15. The summed E-state index contributed by atoms with van der Waals surface area (Å²) in [6.45, 7) is 2.19. The first-order valence-corrected chi connectivity index (χ1v) is 7.74. The maximum Gasteiger partial charge on any atom is 0.136 e. The van der Waals surface area contributed by atoms with Crippen molar-refractivity contribution in [1.82, 2.24) is 5.32 Å². The van der Waals surface area contributed by atoms with Crippen molar-refractivity contribution in [3.8, 4) is 5.75 Å². The van der Waals surface area contributed by atoms with E-state index in [4.69, 9.17) is 4.74 Å². The minimum absolute atomic E-state index is 0.288. The molecule has 0 amide bonds. The fraction of sp³-hybridized carbons (Fsp3) is 0.286. The van der Waals surface area contributed by atoms with Gasteiger partial charge in [0.05, 0.1) is 4.47 Å². The second-order valence-electron chi connectivity index (χ2n) is 4.00. The van der Waals surface area contributed by atoms with Crippen LogP contribution in [-0.2, 0) is 6.42 Å². The number of thiophene rings is 1. The van der Waals surface area contributed by atoms with Crippen molar-refractivity contribution in [2.45, 2.75) is 6.42 Å². The maximum atomic E-state index is 13.0. The van der Waals surface area contributed by atoms with Crippen LogP contribution >= 0.6 is 27.3 Å². The fourth-order valence-corrected chi connectivity index (χ4v) is 2.68. The average Bonchev–Trinajstić information content (AvgIpc) is 2.90. The first-order valence-electron chi connectivity index (χ1n) is 6.06. The van der Waals surface area contributed by atoms with Gasteiger partial charge in [-0.1, -0.05) is 6.07 Å². The second-order valence-corrected chi connectivity index (χ2v) is 5.89. The molecule has 0 bridgehead atoms. The summed E-state index contributed by atoms with van der Waals surface area (Å²) in [6, 6.07) is 8.62. The van der Waals surface area contributed by atoms with Gasteiger partial charge in [0, 0.05) is 24.0 Å². The molecule has 19 heavy (non-hydrogen) atoms. The van der Waals surface area contributed by atoms with Gasteiger partial charge in [-0.2, -0.15) is 0 Å². The van der Waals surface area contributed by atoms with Crippen LogP contribution in [0.4, 0.5) is 4.39 Å². The third kappa shape index (κ3) is 4.93. The van der Waals surface area contributed by atoms with Crippen LogP contribution in [0.3, 0.4) is 0 Å². The molecule has 2 nitrogen and oxygen atoms in total. The molecule has 0 radical (unpaired) electrons. The number of ether oxygens (including phenoxy) is 1. The quantitative estimate of drug-likeness (QED) is 0.770. The minimum Gasteiger partial charge on any atom is -0.491 e. The van der Waals surface area contributed by atoms with E-state index in [1.807, 2.05) is 0 Å². The molecule has 1 N–H and O–H groups in total. The molecule has 0 atom stereocenters. The lowest BCUT2D eigenvalue weighted by Gasteiger charge is -2.09. The topological polar surface area (TPSA) is 21.3 Å². The molecule has 1 heterocycles. The van der Waals surface area contributed by atoms with Gasteiger partial charge in [0.15, 0.2) is 0 Å². The lowest BCUT2D eigenvalue weighted by molar-refractivity contribution is 0.311. The first kappa shape index (κ1) is 14.5. The Hall–Kier alpha value is -0.910. The van der Waals surface area contributed by atoms with Gasteiger partial charge in [-0.3, -0.25) is 0 Å². The zero-order valence-corrected chi connectivity index (χ0v) is 12.8. The predicted molar refractivity (Wildman–Crippen MR) is 80.5 cm³/mol. The Labute approximate surface area is 124 Å². The number of rotatable bonds is 7. The van der Waals surface area contributed by atoms with E-state index >= 15 is 0 Å². The third-order valence-electron chi connectivity index (χ3n) is 2.56. The van der Waals surface area contributed by atoms with Crippen LogP contribution in [-0.4, -0.2) is 19.7 Å². The summed E-state index contributed by atoms with van der Waals surface area (Å²) < 4.78 is 19.3. The standard InChI is InChI=1S/C14H15BrFNOS/c15-13-4-3-11(16)10-14(13)18-8-7-17-6-5-12-2-1-9-19-12/h1-4,9-10,17H,5-8H2. The summed E-state index contributed by atoms with van der Waals surface area (Å²) in [5, 5.41) is 5.38. The van der Waals surface area contributed by atoms with Gasteiger partial charge in [0.25, 0.3) is 0 Å². The van der Waals surface area contributed by atoms with Crippen molar-refractivity contribution in [3.05, 3.63) is 50.9 Å². The highest BCUT2D eigenvalue weighted by molar-refractivity contribution is 9.10. The maximum absolute atomic E-state index is 13.0. The van der Waals surface area contributed by atoms with Crippen LogP contribution in [0.25, 0.3) is 0 Å². The Morgan fingerprint density at radius 2 is 2.16 bits per heavy atom. The fourth-order valence-electron chi connectivity index (χ4n) is 1.61. The molecule has 102 valence electrons. The molecular weight excluding hydrogens is 329 g/mol. The molecule has 0 fully saturated rings. The minimum atomic E-state index is -0.288. The monoisotopic (exact) mass is 343 g/mol. The largest absolute Gasteiger partial charge is 0.491 e. The van der Waals surface area contributed by atoms with Crippen LogP contribution in [0.2, 0.25) is 0 Å². The van der Waals surface area contributed by atoms with Gasteiger partial charge in [0.2, 0.25) is 0 Å². The molecule has 0 aliphatic rings. The molecule has 0 aliphatic carbocycles. The van der Waals surface area contributed by atoms with Gasteiger partial charge in [-0.05, 0) is 45.9 Å². The number of benzene rings is 1. The van der Waals surface area contributed by atoms with Gasteiger partial charge < -0.3 is 10.1 Å². The highest BCUT2D eigenvalue weighted by Gasteiger charge is 2.02. The molecule has 0 spiro atoms. The number of hydrogen-bond donors (Lipinski definition) is 1. The van der Waals surface area contributed by atoms with Crippen molar-refractivity contribution in [1.29, 1.82) is 0 Å². The highest BCUT2D eigenvalue weighted by atomic mass is 79.9. The summed E-state index contributed by atoms with van der Waals surface area (Å²) in [7, 11) is 0. The molecule has 0 saturated carbocycles. The van der Waals surface area contributed by atoms with E-state index in [2.05, 4.69) is 38.8 Å². The van der Waals surface area contributed by atoms with Crippen molar-refractivity contribution < 1.29 is 9.13 Å². The predicted octanol–water partition coefficient (Wildman–Crippen LogP) is 3.86. The van der Waals surface area contributed by atoms with Crippen LogP contribution in [0.5, 0.6) is 5.75 Å². The van der Waals surface area contributed by atoms with E-state index in [0.29, 0.717) is 12.4 Å². The van der Waals surface area contributed by atoms with Gasteiger partial charge in [-0.25, -0.2) is 4.39 Å². The van der Waals surface area contributed by atoms with E-state index in [1.165, 1.54) is 17.0 Å². The Morgan fingerprint density at radius 1 is 1.26 bits per heavy atom. The summed E-state index contributed by atoms with van der Waals surface area (Å²) in [5.74, 6) is 0.254.